The number of hydrogen-bond acceptors (Lipinski definition) is 7. The Morgan fingerprint density at radius 3 is 2.67 bits per heavy atom. The summed E-state index contributed by atoms with van der Waals surface area (Å²) in [7, 11) is -4.12. The summed E-state index contributed by atoms with van der Waals surface area (Å²) < 4.78 is 27.3. The highest BCUT2D eigenvalue weighted by Gasteiger charge is 2.36. The molecule has 2 atom stereocenters. The first kappa shape index (κ1) is 26.7. The molecule has 36 heavy (non-hydrogen) atoms. The summed E-state index contributed by atoms with van der Waals surface area (Å²) >= 11 is 0. The fourth-order valence-corrected chi connectivity index (χ4v) is 5.08. The quantitative estimate of drug-likeness (QED) is 0.287. The Hall–Kier alpha value is -3.94. The van der Waals surface area contributed by atoms with Gasteiger partial charge in [0, 0.05) is 37.8 Å². The molecule has 3 rings (SSSR count). The molecule has 0 bridgehead atoms. The molecule has 1 unspecified atom stereocenters. The van der Waals surface area contributed by atoms with Crippen molar-refractivity contribution in [2.45, 2.75) is 49.6 Å². The second-order valence-corrected chi connectivity index (χ2v) is 9.96. The fourth-order valence-electron chi connectivity index (χ4n) is 3.87. The number of imidazole rings is 1. The molecule has 0 radical (unpaired) electrons. The molecule has 1 aliphatic rings. The minimum atomic E-state index is -4.12. The zero-order valence-electron chi connectivity index (χ0n) is 19.6. The number of aliphatic carboxylic acids is 1. The van der Waals surface area contributed by atoms with Gasteiger partial charge in [-0.05, 0) is 31.4 Å². The van der Waals surface area contributed by atoms with Crippen molar-refractivity contribution >= 4 is 33.8 Å². The highest BCUT2D eigenvalue weighted by molar-refractivity contribution is 7.90. The van der Waals surface area contributed by atoms with Crippen LogP contribution >= 0.6 is 0 Å². The first-order valence-electron chi connectivity index (χ1n) is 11.2. The first-order valence-corrected chi connectivity index (χ1v) is 12.7. The van der Waals surface area contributed by atoms with Crippen molar-refractivity contribution in [1.82, 2.24) is 30.2 Å². The second-order valence-electron chi connectivity index (χ2n) is 8.31. The summed E-state index contributed by atoms with van der Waals surface area (Å²) in [6.07, 6.45) is 3.53. The zero-order valence-corrected chi connectivity index (χ0v) is 20.4. The molecule has 14 heteroatoms. The highest BCUT2D eigenvalue weighted by atomic mass is 32.2. The third-order valence-corrected chi connectivity index (χ3v) is 7.17. The van der Waals surface area contributed by atoms with Crippen LogP contribution in [0.2, 0.25) is 0 Å². The van der Waals surface area contributed by atoms with Gasteiger partial charge < -0.3 is 25.6 Å². The maximum Gasteiger partial charge on any atom is 0.331 e. The number of urea groups is 1. The van der Waals surface area contributed by atoms with Crippen molar-refractivity contribution in [2.24, 2.45) is 0 Å². The van der Waals surface area contributed by atoms with Gasteiger partial charge in [0.25, 0.3) is 10.0 Å². The molecular formula is C22H28N6O7S. The second kappa shape index (κ2) is 11.7. The predicted molar refractivity (Wildman–Crippen MR) is 126 cm³/mol. The Balaban J connectivity index is 1.50. The van der Waals surface area contributed by atoms with Gasteiger partial charge in [0.15, 0.2) is 0 Å². The van der Waals surface area contributed by atoms with E-state index in [0.29, 0.717) is 24.1 Å². The smallest absolute Gasteiger partial charge is 0.331 e. The van der Waals surface area contributed by atoms with Crippen LogP contribution < -0.4 is 15.4 Å². The number of carboxylic acids is 1. The third-order valence-electron chi connectivity index (χ3n) is 5.68. The van der Waals surface area contributed by atoms with Gasteiger partial charge in [-0.2, -0.15) is 0 Å². The minimum Gasteiger partial charge on any atom is -0.480 e. The first-order chi connectivity index (χ1) is 17.1. The Labute approximate surface area is 207 Å². The number of aryl methyl sites for hydroxylation is 1. The molecule has 13 nitrogen and oxygen atoms in total. The van der Waals surface area contributed by atoms with Crippen molar-refractivity contribution in [1.29, 1.82) is 0 Å². The highest BCUT2D eigenvalue weighted by Crippen LogP contribution is 2.19. The molecule has 2 aromatic rings. The van der Waals surface area contributed by atoms with E-state index in [9.17, 15) is 32.7 Å². The SMILES string of the molecule is Cc1ccccc1S(=O)(=O)NC(=O)N1CCC[C@@H]1C(=O)NCCC(=O)NC(Cc1cnc[nH]1)C(=O)O. The van der Waals surface area contributed by atoms with Crippen molar-refractivity contribution in [3.05, 3.63) is 48.0 Å². The van der Waals surface area contributed by atoms with Crippen LogP contribution in [0.5, 0.6) is 0 Å². The van der Waals surface area contributed by atoms with E-state index in [1.165, 1.54) is 18.6 Å². The number of likely N-dealkylation sites (tertiary alicyclic amines) is 1. The predicted octanol–water partition coefficient (Wildman–Crippen LogP) is -0.101. The van der Waals surface area contributed by atoms with E-state index in [1.54, 1.807) is 25.1 Å². The zero-order chi connectivity index (χ0) is 26.3. The molecule has 0 aliphatic carbocycles. The van der Waals surface area contributed by atoms with Crippen molar-refractivity contribution in [3.63, 3.8) is 0 Å². The average Bonchev–Trinajstić information content (AvgIpc) is 3.50. The molecule has 1 aromatic carbocycles. The van der Waals surface area contributed by atoms with Crippen LogP contribution in [0.4, 0.5) is 4.79 Å². The number of rotatable bonds is 10. The lowest BCUT2D eigenvalue weighted by Crippen LogP contribution is -2.51. The lowest BCUT2D eigenvalue weighted by atomic mass is 10.1. The Morgan fingerprint density at radius 1 is 1.25 bits per heavy atom. The van der Waals surface area contributed by atoms with Gasteiger partial charge in [0.2, 0.25) is 11.8 Å². The molecule has 1 aromatic heterocycles. The molecule has 1 saturated heterocycles. The number of nitrogens with zero attached hydrogens (tertiary/aromatic N) is 2. The summed E-state index contributed by atoms with van der Waals surface area (Å²) in [4.78, 5) is 56.6. The van der Waals surface area contributed by atoms with Gasteiger partial charge in [-0.25, -0.2) is 27.7 Å². The van der Waals surface area contributed by atoms with E-state index in [0.717, 1.165) is 4.90 Å². The number of carbonyl (C=O) groups is 4. The van der Waals surface area contributed by atoms with E-state index in [2.05, 4.69) is 20.6 Å². The van der Waals surface area contributed by atoms with E-state index < -0.39 is 45.9 Å². The summed E-state index contributed by atoms with van der Waals surface area (Å²) in [6, 6.07) is 3.25. The van der Waals surface area contributed by atoms with Crippen molar-refractivity contribution in [2.75, 3.05) is 13.1 Å². The van der Waals surface area contributed by atoms with Crippen LogP contribution in [0.3, 0.4) is 0 Å². The Bertz CT molecular complexity index is 1220. The normalized spacial score (nSPS) is 16.2. The van der Waals surface area contributed by atoms with E-state index >= 15 is 0 Å². The van der Waals surface area contributed by atoms with Crippen molar-refractivity contribution in [3.8, 4) is 0 Å². The maximum absolute atomic E-state index is 12.7. The monoisotopic (exact) mass is 520 g/mol. The van der Waals surface area contributed by atoms with E-state index in [-0.39, 0.29) is 30.8 Å². The van der Waals surface area contributed by atoms with Gasteiger partial charge in [0.05, 0.1) is 11.2 Å². The molecule has 1 fully saturated rings. The number of H-pyrrole nitrogens is 1. The lowest BCUT2D eigenvalue weighted by Gasteiger charge is -2.24. The van der Waals surface area contributed by atoms with Crippen LogP contribution in [0.25, 0.3) is 0 Å². The molecule has 0 saturated carbocycles. The third kappa shape index (κ3) is 6.81. The number of aromatic amines is 1. The number of aromatic nitrogens is 2. The molecule has 4 amide bonds. The maximum atomic E-state index is 12.7. The number of carboxylic acid groups (broad SMARTS) is 1. The molecule has 5 N–H and O–H groups in total. The number of sulfonamides is 1. The van der Waals surface area contributed by atoms with Gasteiger partial charge >= 0.3 is 12.0 Å². The molecule has 2 heterocycles. The van der Waals surface area contributed by atoms with Crippen LogP contribution in [-0.4, -0.2) is 77.4 Å². The molecule has 1 aliphatic heterocycles. The average molecular weight is 521 g/mol. The molecule has 0 spiro atoms. The molecular weight excluding hydrogens is 492 g/mol. The van der Waals surface area contributed by atoms with Gasteiger partial charge in [0.1, 0.15) is 12.1 Å². The van der Waals surface area contributed by atoms with Gasteiger partial charge in [-0.15, -0.1) is 0 Å². The number of amides is 4. The van der Waals surface area contributed by atoms with E-state index in [4.69, 9.17) is 0 Å². The largest absolute Gasteiger partial charge is 0.480 e. The van der Waals surface area contributed by atoms with Gasteiger partial charge in [-0.3, -0.25) is 9.59 Å². The number of nitrogens with one attached hydrogen (secondary N) is 4. The minimum absolute atomic E-state index is 0.0188. The summed E-state index contributed by atoms with van der Waals surface area (Å²) in [5.41, 5.74) is 1.02. The standard InChI is InChI=1S/C22H28N6O7S/c1-14-5-2-3-7-18(14)36(34,35)27-22(33)28-10-4-6-17(28)20(30)24-9-8-19(29)26-16(21(31)32)11-15-12-23-13-25-15/h2-3,5,7,12-13,16-17H,4,6,8-11H2,1H3,(H,23,25)(H,24,30)(H,26,29)(H,27,33)(H,31,32)/t16?,17-/m1/s1. The van der Waals surface area contributed by atoms with Gasteiger partial charge in [-0.1, -0.05) is 18.2 Å². The molecule has 194 valence electrons. The Kier molecular flexibility index (Phi) is 8.64. The number of benzene rings is 1. The van der Waals surface area contributed by atoms with Crippen LogP contribution in [0, 0.1) is 6.92 Å². The van der Waals surface area contributed by atoms with E-state index in [1.807, 2.05) is 4.72 Å². The summed E-state index contributed by atoms with van der Waals surface area (Å²) in [5.74, 6) is -2.32. The summed E-state index contributed by atoms with van der Waals surface area (Å²) in [5, 5.41) is 14.3. The summed E-state index contributed by atoms with van der Waals surface area (Å²) in [6.45, 7) is 1.72. The topological polar surface area (TPSA) is 191 Å². The number of carbonyl (C=O) groups excluding carboxylic acids is 3. The Morgan fingerprint density at radius 2 is 2.00 bits per heavy atom. The number of hydrogen-bond donors (Lipinski definition) is 5. The van der Waals surface area contributed by atoms with Crippen LogP contribution in [0.15, 0.2) is 41.7 Å². The van der Waals surface area contributed by atoms with Crippen molar-refractivity contribution < 1.29 is 32.7 Å². The lowest BCUT2D eigenvalue weighted by molar-refractivity contribution is -0.141. The van der Waals surface area contributed by atoms with Crippen LogP contribution in [-0.2, 0) is 30.8 Å². The fraction of sp³-hybridized carbons (Fsp3) is 0.409. The van der Waals surface area contributed by atoms with Crippen LogP contribution in [0.1, 0.15) is 30.5 Å².